The number of nitrogens with zero attached hydrogens (tertiary/aromatic N) is 4. The molecule has 2 aromatic heterocycles. The number of hydrogen-bond donors (Lipinski definition) is 2. The van der Waals surface area contributed by atoms with Gasteiger partial charge in [0.05, 0.1) is 19.3 Å². The summed E-state index contributed by atoms with van der Waals surface area (Å²) in [6.45, 7) is 7.28. The second-order valence-corrected chi connectivity index (χ2v) is 8.28. The zero-order valence-electron chi connectivity index (χ0n) is 18.5. The van der Waals surface area contributed by atoms with E-state index >= 15 is 0 Å². The van der Waals surface area contributed by atoms with Gasteiger partial charge in [-0.15, -0.1) is 0 Å². The number of benzene rings is 1. The molecule has 0 unspecified atom stereocenters. The molecule has 1 aliphatic heterocycles. The molecule has 32 heavy (non-hydrogen) atoms. The van der Waals surface area contributed by atoms with Gasteiger partial charge in [-0.25, -0.2) is 4.98 Å². The smallest absolute Gasteiger partial charge is 0.296 e. The number of aromatic nitrogens is 4. The Balaban J connectivity index is 1.59. The van der Waals surface area contributed by atoms with Gasteiger partial charge in [0.2, 0.25) is 5.75 Å². The summed E-state index contributed by atoms with van der Waals surface area (Å²) in [5.41, 5.74) is 1.01. The van der Waals surface area contributed by atoms with Crippen molar-refractivity contribution >= 4 is 5.91 Å². The van der Waals surface area contributed by atoms with E-state index in [9.17, 15) is 14.7 Å². The van der Waals surface area contributed by atoms with Crippen molar-refractivity contribution in [3.05, 3.63) is 64.1 Å². The van der Waals surface area contributed by atoms with Crippen LogP contribution in [0, 0.1) is 0 Å². The van der Waals surface area contributed by atoms with Crippen molar-refractivity contribution in [1.82, 2.24) is 24.6 Å². The highest BCUT2D eigenvalue weighted by molar-refractivity contribution is 5.94. The van der Waals surface area contributed by atoms with Crippen LogP contribution in [0.25, 0.3) is 11.1 Å². The van der Waals surface area contributed by atoms with Gasteiger partial charge in [-0.1, -0.05) is 31.2 Å². The molecule has 3 heterocycles. The van der Waals surface area contributed by atoms with Crippen LogP contribution < -0.4 is 10.9 Å². The zero-order chi connectivity index (χ0) is 22.9. The molecule has 3 aromatic rings. The molecule has 0 fully saturated rings. The van der Waals surface area contributed by atoms with Gasteiger partial charge in [0.25, 0.3) is 11.5 Å². The summed E-state index contributed by atoms with van der Waals surface area (Å²) in [5.74, 6) is -0.959. The van der Waals surface area contributed by atoms with E-state index in [-0.39, 0.29) is 18.8 Å². The van der Waals surface area contributed by atoms with E-state index in [2.05, 4.69) is 22.3 Å². The van der Waals surface area contributed by atoms with Crippen LogP contribution in [-0.2, 0) is 30.0 Å². The highest BCUT2D eigenvalue weighted by Crippen LogP contribution is 2.27. The van der Waals surface area contributed by atoms with Crippen molar-refractivity contribution in [1.29, 1.82) is 0 Å². The fourth-order valence-electron chi connectivity index (χ4n) is 3.90. The third kappa shape index (κ3) is 4.03. The summed E-state index contributed by atoms with van der Waals surface area (Å²) in [5, 5.41) is 17.5. The van der Waals surface area contributed by atoms with Gasteiger partial charge < -0.3 is 15.2 Å². The van der Waals surface area contributed by atoms with Gasteiger partial charge in [0.1, 0.15) is 11.4 Å². The van der Waals surface area contributed by atoms with Gasteiger partial charge in [-0.2, -0.15) is 5.10 Å². The number of ether oxygens (including phenoxy) is 1. The Bertz CT molecular complexity index is 1210. The average Bonchev–Trinajstić information content (AvgIpc) is 3.23. The summed E-state index contributed by atoms with van der Waals surface area (Å²) in [7, 11) is 0. The number of carbonyl (C=O) groups excluding carboxylic acids is 1. The topological polar surface area (TPSA) is 111 Å². The number of amides is 1. The van der Waals surface area contributed by atoms with Crippen LogP contribution in [0.5, 0.6) is 5.75 Å². The van der Waals surface area contributed by atoms with E-state index in [4.69, 9.17) is 4.74 Å². The molecular weight excluding hydrogens is 410 g/mol. The summed E-state index contributed by atoms with van der Waals surface area (Å²) in [4.78, 5) is 29.8. The largest absolute Gasteiger partial charge is 0.501 e. The maximum atomic E-state index is 12.9. The number of nitrogens with one attached hydrogen (secondary N) is 1. The van der Waals surface area contributed by atoms with E-state index in [0.29, 0.717) is 12.4 Å². The first kappa shape index (κ1) is 21.8. The standard InChI is InChI=1S/C23H27N5O4/c1-4-9-27-14-16(13-25-27)17-8-6-5-7-15(17)12-24-20(30)18-19(29)21(31)28-10-11-32-23(2,3)22(28)26-18/h5-8,13-14,29H,4,9-12H2,1-3H3,(H,24,30). The molecular formula is C23H27N5O4. The Morgan fingerprint density at radius 3 is 2.88 bits per heavy atom. The van der Waals surface area contributed by atoms with E-state index in [0.717, 1.165) is 29.7 Å². The molecule has 0 bridgehead atoms. The quantitative estimate of drug-likeness (QED) is 0.613. The Hall–Kier alpha value is -3.46. The average molecular weight is 438 g/mol. The predicted octanol–water partition coefficient (Wildman–Crippen LogP) is 2.42. The van der Waals surface area contributed by atoms with E-state index in [1.165, 1.54) is 4.57 Å². The van der Waals surface area contributed by atoms with Crippen LogP contribution in [0.3, 0.4) is 0 Å². The minimum absolute atomic E-state index is 0.202. The molecule has 1 aliphatic rings. The maximum Gasteiger partial charge on any atom is 0.296 e. The second kappa shape index (κ2) is 8.58. The van der Waals surface area contributed by atoms with E-state index < -0.39 is 22.8 Å². The Morgan fingerprint density at radius 2 is 2.09 bits per heavy atom. The monoisotopic (exact) mass is 437 g/mol. The lowest BCUT2D eigenvalue weighted by Crippen LogP contribution is -2.42. The summed E-state index contributed by atoms with van der Waals surface area (Å²) in [6.07, 6.45) is 4.76. The van der Waals surface area contributed by atoms with Crippen molar-refractivity contribution in [2.24, 2.45) is 0 Å². The van der Waals surface area contributed by atoms with Crippen molar-refractivity contribution in [3.63, 3.8) is 0 Å². The van der Waals surface area contributed by atoms with Crippen molar-refractivity contribution < 1.29 is 14.6 Å². The zero-order valence-corrected chi connectivity index (χ0v) is 18.5. The first-order valence-electron chi connectivity index (χ1n) is 10.7. The van der Waals surface area contributed by atoms with Crippen LogP contribution in [0.2, 0.25) is 0 Å². The number of fused-ring (bicyclic) bond motifs is 1. The van der Waals surface area contributed by atoms with Crippen LogP contribution in [0.1, 0.15) is 49.1 Å². The lowest BCUT2D eigenvalue weighted by molar-refractivity contribution is -0.0566. The fraction of sp³-hybridized carbons (Fsp3) is 0.391. The number of hydrogen-bond acceptors (Lipinski definition) is 6. The highest BCUT2D eigenvalue weighted by atomic mass is 16.5. The lowest BCUT2D eigenvalue weighted by Gasteiger charge is -2.32. The van der Waals surface area contributed by atoms with Crippen molar-refractivity contribution in [2.45, 2.75) is 52.4 Å². The molecule has 0 aliphatic carbocycles. The highest BCUT2D eigenvalue weighted by Gasteiger charge is 2.34. The van der Waals surface area contributed by atoms with Crippen molar-refractivity contribution in [3.8, 4) is 16.9 Å². The summed E-state index contributed by atoms with van der Waals surface area (Å²) in [6, 6.07) is 7.70. The van der Waals surface area contributed by atoms with Gasteiger partial charge in [-0.3, -0.25) is 18.8 Å². The van der Waals surface area contributed by atoms with Crippen LogP contribution in [0.15, 0.2) is 41.5 Å². The number of aryl methyl sites for hydroxylation is 1. The van der Waals surface area contributed by atoms with Gasteiger partial charge >= 0.3 is 0 Å². The first-order chi connectivity index (χ1) is 15.3. The molecule has 0 spiro atoms. The first-order valence-corrected chi connectivity index (χ1v) is 10.7. The van der Waals surface area contributed by atoms with Crippen molar-refractivity contribution in [2.75, 3.05) is 6.61 Å². The minimum atomic E-state index is -0.842. The third-order valence-electron chi connectivity index (χ3n) is 5.53. The molecule has 9 heteroatoms. The Labute approximate surface area is 185 Å². The van der Waals surface area contributed by atoms with Gasteiger partial charge in [0, 0.05) is 24.8 Å². The van der Waals surface area contributed by atoms with Gasteiger partial charge in [-0.05, 0) is 31.4 Å². The van der Waals surface area contributed by atoms with E-state index in [1.54, 1.807) is 20.0 Å². The molecule has 0 atom stereocenters. The molecule has 2 N–H and O–H groups in total. The molecule has 9 nitrogen and oxygen atoms in total. The van der Waals surface area contributed by atoms with Crippen LogP contribution >= 0.6 is 0 Å². The molecule has 0 radical (unpaired) electrons. The van der Waals surface area contributed by atoms with Crippen LogP contribution in [-0.4, -0.2) is 37.0 Å². The minimum Gasteiger partial charge on any atom is -0.501 e. The van der Waals surface area contributed by atoms with E-state index in [1.807, 2.05) is 35.1 Å². The SMILES string of the molecule is CCCn1cc(-c2ccccc2CNC(=O)c2nc3n(c(=O)c2O)CCOC3(C)C)cn1. The third-order valence-corrected chi connectivity index (χ3v) is 5.53. The van der Waals surface area contributed by atoms with Gasteiger partial charge in [0.15, 0.2) is 5.69 Å². The maximum absolute atomic E-state index is 12.9. The summed E-state index contributed by atoms with van der Waals surface area (Å²) < 4.78 is 8.94. The predicted molar refractivity (Wildman–Crippen MR) is 118 cm³/mol. The number of aromatic hydroxyl groups is 1. The Morgan fingerprint density at radius 1 is 1.31 bits per heavy atom. The second-order valence-electron chi connectivity index (χ2n) is 8.28. The Kier molecular flexibility index (Phi) is 5.84. The fourth-order valence-corrected chi connectivity index (χ4v) is 3.90. The number of carbonyl (C=O) groups is 1. The summed E-state index contributed by atoms with van der Waals surface area (Å²) >= 11 is 0. The molecule has 1 aromatic carbocycles. The molecule has 4 rings (SSSR count). The van der Waals surface area contributed by atoms with Crippen LogP contribution in [0.4, 0.5) is 0 Å². The number of rotatable bonds is 6. The molecule has 1 amide bonds. The molecule has 0 saturated carbocycles. The lowest BCUT2D eigenvalue weighted by atomic mass is 10.0. The molecule has 168 valence electrons. The molecule has 0 saturated heterocycles. The normalized spacial score (nSPS) is 14.7.